The highest BCUT2D eigenvalue weighted by Crippen LogP contribution is 2.39. The van der Waals surface area contributed by atoms with Crippen LogP contribution in [0.25, 0.3) is 0 Å². The topological polar surface area (TPSA) is 35.5 Å². The fourth-order valence-corrected chi connectivity index (χ4v) is 3.56. The lowest BCUT2D eigenvalue weighted by atomic mass is 9.69. The van der Waals surface area contributed by atoms with E-state index in [1.54, 1.807) is 0 Å². The van der Waals surface area contributed by atoms with Gasteiger partial charge in [0.25, 0.3) is 0 Å². The lowest BCUT2D eigenvalue weighted by molar-refractivity contribution is 0.0843. The van der Waals surface area contributed by atoms with Gasteiger partial charge in [0.15, 0.2) is 0 Å². The first-order chi connectivity index (χ1) is 8.47. The minimum Gasteiger partial charge on any atom is -0.393 e. The van der Waals surface area contributed by atoms with Crippen molar-refractivity contribution in [1.29, 1.82) is 0 Å². The van der Waals surface area contributed by atoms with Crippen molar-refractivity contribution in [3.8, 4) is 0 Å². The molecule has 108 valence electrons. The number of hydrogen-bond acceptors (Lipinski definition) is 3. The molecule has 1 aliphatic carbocycles. The Morgan fingerprint density at radius 2 is 2.22 bits per heavy atom. The third kappa shape index (κ3) is 5.25. The SMILES string of the molecule is CNCC1(CN(C)CCC(C)O)CCCC(C)C1. The Balaban J connectivity index is 2.50. The smallest absolute Gasteiger partial charge is 0.0524 e. The van der Waals surface area contributed by atoms with Crippen molar-refractivity contribution in [3.05, 3.63) is 0 Å². The second kappa shape index (κ2) is 7.46. The first-order valence-corrected chi connectivity index (χ1v) is 7.49. The molecule has 0 radical (unpaired) electrons. The minimum atomic E-state index is -0.182. The fourth-order valence-electron chi connectivity index (χ4n) is 3.56. The summed E-state index contributed by atoms with van der Waals surface area (Å²) in [7, 11) is 4.26. The highest BCUT2D eigenvalue weighted by atomic mass is 16.3. The van der Waals surface area contributed by atoms with E-state index in [4.69, 9.17) is 0 Å². The molecule has 0 spiro atoms. The molecule has 3 nitrogen and oxygen atoms in total. The zero-order chi connectivity index (χ0) is 13.6. The van der Waals surface area contributed by atoms with Gasteiger partial charge in [-0.05, 0) is 51.6 Å². The summed E-state index contributed by atoms with van der Waals surface area (Å²) in [5, 5.41) is 12.8. The Morgan fingerprint density at radius 1 is 1.50 bits per heavy atom. The van der Waals surface area contributed by atoms with Gasteiger partial charge in [-0.2, -0.15) is 0 Å². The molecular formula is C15H32N2O. The Labute approximate surface area is 113 Å². The van der Waals surface area contributed by atoms with E-state index < -0.39 is 0 Å². The lowest BCUT2D eigenvalue weighted by Gasteiger charge is -2.42. The van der Waals surface area contributed by atoms with Crippen molar-refractivity contribution >= 4 is 0 Å². The van der Waals surface area contributed by atoms with Gasteiger partial charge in [0.2, 0.25) is 0 Å². The molecule has 1 aliphatic rings. The number of nitrogens with zero attached hydrogens (tertiary/aromatic N) is 1. The molecule has 0 aromatic rings. The highest BCUT2D eigenvalue weighted by Gasteiger charge is 2.35. The summed E-state index contributed by atoms with van der Waals surface area (Å²) < 4.78 is 0. The number of hydrogen-bond donors (Lipinski definition) is 2. The Hall–Kier alpha value is -0.120. The van der Waals surface area contributed by atoms with Crippen molar-refractivity contribution in [2.24, 2.45) is 11.3 Å². The summed E-state index contributed by atoms with van der Waals surface area (Å²) in [6.45, 7) is 7.54. The molecule has 3 heteroatoms. The van der Waals surface area contributed by atoms with Gasteiger partial charge < -0.3 is 15.3 Å². The largest absolute Gasteiger partial charge is 0.393 e. The van der Waals surface area contributed by atoms with E-state index >= 15 is 0 Å². The van der Waals surface area contributed by atoms with Gasteiger partial charge in [0, 0.05) is 19.6 Å². The number of aliphatic hydroxyl groups is 1. The monoisotopic (exact) mass is 256 g/mol. The quantitative estimate of drug-likeness (QED) is 0.732. The molecule has 0 bridgehead atoms. The molecule has 0 saturated heterocycles. The first-order valence-electron chi connectivity index (χ1n) is 7.49. The van der Waals surface area contributed by atoms with E-state index in [1.807, 2.05) is 6.92 Å². The van der Waals surface area contributed by atoms with Crippen LogP contribution < -0.4 is 5.32 Å². The molecule has 0 aliphatic heterocycles. The van der Waals surface area contributed by atoms with Crippen LogP contribution in [0.15, 0.2) is 0 Å². The van der Waals surface area contributed by atoms with Crippen molar-refractivity contribution in [1.82, 2.24) is 10.2 Å². The molecule has 3 atom stereocenters. The Morgan fingerprint density at radius 3 is 2.78 bits per heavy atom. The molecule has 2 N–H and O–H groups in total. The second-order valence-electron chi connectivity index (χ2n) is 6.61. The molecule has 1 fully saturated rings. The van der Waals surface area contributed by atoms with E-state index in [2.05, 4.69) is 31.2 Å². The highest BCUT2D eigenvalue weighted by molar-refractivity contribution is 4.89. The number of rotatable bonds is 7. The number of aliphatic hydroxyl groups excluding tert-OH is 1. The predicted molar refractivity (Wildman–Crippen MR) is 77.8 cm³/mol. The van der Waals surface area contributed by atoms with E-state index in [9.17, 15) is 5.11 Å². The zero-order valence-electron chi connectivity index (χ0n) is 12.7. The van der Waals surface area contributed by atoms with Crippen LogP contribution in [0.3, 0.4) is 0 Å². The van der Waals surface area contributed by atoms with Crippen molar-refractivity contribution in [2.45, 2.75) is 52.1 Å². The Kier molecular flexibility index (Phi) is 6.61. The van der Waals surface area contributed by atoms with Crippen molar-refractivity contribution in [2.75, 3.05) is 33.7 Å². The predicted octanol–water partition coefficient (Wildman–Crippen LogP) is 2.10. The van der Waals surface area contributed by atoms with Crippen LogP contribution in [0.2, 0.25) is 0 Å². The van der Waals surface area contributed by atoms with Crippen LogP contribution in [-0.4, -0.2) is 49.8 Å². The fraction of sp³-hybridized carbons (Fsp3) is 1.00. The average molecular weight is 256 g/mol. The molecule has 0 aromatic heterocycles. The van der Waals surface area contributed by atoms with Crippen LogP contribution in [0, 0.1) is 11.3 Å². The normalized spacial score (nSPS) is 30.7. The van der Waals surface area contributed by atoms with E-state index in [0.717, 1.165) is 32.0 Å². The van der Waals surface area contributed by atoms with Crippen LogP contribution in [0.5, 0.6) is 0 Å². The third-order valence-corrected chi connectivity index (χ3v) is 4.27. The summed E-state index contributed by atoms with van der Waals surface area (Å²) in [6.07, 6.45) is 6.14. The summed E-state index contributed by atoms with van der Waals surface area (Å²) in [6, 6.07) is 0. The zero-order valence-corrected chi connectivity index (χ0v) is 12.7. The maximum atomic E-state index is 9.38. The summed E-state index contributed by atoms with van der Waals surface area (Å²) in [5.74, 6) is 0.859. The first kappa shape index (κ1) is 15.9. The molecule has 0 aromatic carbocycles. The van der Waals surface area contributed by atoms with E-state index in [-0.39, 0.29) is 6.10 Å². The maximum Gasteiger partial charge on any atom is 0.0524 e. The number of nitrogens with one attached hydrogen (secondary N) is 1. The molecule has 18 heavy (non-hydrogen) atoms. The standard InChI is InChI=1S/C15H32N2O/c1-13-6-5-8-15(10-13,11-16-3)12-17(4)9-7-14(2)18/h13-14,16,18H,5-12H2,1-4H3. The van der Waals surface area contributed by atoms with Gasteiger partial charge in [-0.3, -0.25) is 0 Å². The van der Waals surface area contributed by atoms with E-state index in [0.29, 0.717) is 5.41 Å². The summed E-state index contributed by atoms with van der Waals surface area (Å²) in [5.41, 5.74) is 0.444. The van der Waals surface area contributed by atoms with Gasteiger partial charge in [0.1, 0.15) is 0 Å². The molecule has 1 rings (SSSR count). The lowest BCUT2D eigenvalue weighted by Crippen LogP contribution is -2.45. The third-order valence-electron chi connectivity index (χ3n) is 4.27. The molecule has 0 heterocycles. The van der Waals surface area contributed by atoms with Gasteiger partial charge >= 0.3 is 0 Å². The summed E-state index contributed by atoms with van der Waals surface area (Å²) in [4.78, 5) is 2.40. The maximum absolute atomic E-state index is 9.38. The van der Waals surface area contributed by atoms with Crippen LogP contribution in [0.4, 0.5) is 0 Å². The average Bonchev–Trinajstić information content (AvgIpc) is 2.26. The van der Waals surface area contributed by atoms with Gasteiger partial charge in [0.05, 0.1) is 6.10 Å². The van der Waals surface area contributed by atoms with E-state index in [1.165, 1.54) is 25.7 Å². The van der Waals surface area contributed by atoms with Crippen LogP contribution >= 0.6 is 0 Å². The van der Waals surface area contributed by atoms with Gasteiger partial charge in [-0.25, -0.2) is 0 Å². The van der Waals surface area contributed by atoms with Crippen LogP contribution in [-0.2, 0) is 0 Å². The summed E-state index contributed by atoms with van der Waals surface area (Å²) >= 11 is 0. The second-order valence-corrected chi connectivity index (χ2v) is 6.61. The van der Waals surface area contributed by atoms with Crippen molar-refractivity contribution < 1.29 is 5.11 Å². The molecule has 3 unspecified atom stereocenters. The molecule has 1 saturated carbocycles. The Bertz CT molecular complexity index is 229. The minimum absolute atomic E-state index is 0.182. The molecular weight excluding hydrogens is 224 g/mol. The molecule has 0 amide bonds. The van der Waals surface area contributed by atoms with Crippen LogP contribution in [0.1, 0.15) is 46.0 Å². The van der Waals surface area contributed by atoms with Gasteiger partial charge in [-0.1, -0.05) is 19.8 Å². The van der Waals surface area contributed by atoms with Gasteiger partial charge in [-0.15, -0.1) is 0 Å². The van der Waals surface area contributed by atoms with Crippen molar-refractivity contribution in [3.63, 3.8) is 0 Å².